The number of imidazole rings is 1. The summed E-state index contributed by atoms with van der Waals surface area (Å²) in [5.74, 6) is 1.03. The summed E-state index contributed by atoms with van der Waals surface area (Å²) in [4.78, 5) is 15.7. The molecule has 0 amide bonds. The molecule has 0 atom stereocenters. The van der Waals surface area contributed by atoms with E-state index in [1.165, 1.54) is 0 Å². The van der Waals surface area contributed by atoms with E-state index in [9.17, 15) is 0 Å². The second kappa shape index (κ2) is 5.15. The molecule has 0 spiro atoms. The van der Waals surface area contributed by atoms with Crippen molar-refractivity contribution in [1.82, 2.24) is 19.9 Å². The van der Waals surface area contributed by atoms with E-state index in [1.54, 1.807) is 25.5 Å². The summed E-state index contributed by atoms with van der Waals surface area (Å²) in [6.07, 6.45) is 1.56. The Morgan fingerprint density at radius 1 is 1.20 bits per heavy atom. The van der Waals surface area contributed by atoms with Crippen molar-refractivity contribution in [3.63, 3.8) is 0 Å². The topological polar surface area (TPSA) is 78.5 Å². The predicted octanol–water partition coefficient (Wildman–Crippen LogP) is 3.45. The van der Waals surface area contributed by atoms with Crippen LogP contribution in [0.4, 0.5) is 17.5 Å². The van der Waals surface area contributed by atoms with E-state index in [0.717, 1.165) is 0 Å². The SMILES string of the molecule is CNc1nc(Nc2cccc(Cl)c2Cl)c2[nH]cnc2n1. The maximum Gasteiger partial charge on any atom is 0.226 e. The van der Waals surface area contributed by atoms with E-state index in [4.69, 9.17) is 23.2 Å². The average Bonchev–Trinajstić information content (AvgIpc) is 2.92. The largest absolute Gasteiger partial charge is 0.357 e. The molecule has 0 saturated heterocycles. The monoisotopic (exact) mass is 308 g/mol. The number of benzene rings is 1. The second-order valence-corrected chi connectivity index (χ2v) is 4.76. The number of hydrogen-bond acceptors (Lipinski definition) is 5. The van der Waals surface area contributed by atoms with Crippen LogP contribution in [-0.4, -0.2) is 27.0 Å². The van der Waals surface area contributed by atoms with Gasteiger partial charge in [0.15, 0.2) is 11.5 Å². The summed E-state index contributed by atoms with van der Waals surface area (Å²) in [5.41, 5.74) is 1.92. The molecular formula is C12H10Cl2N6. The maximum absolute atomic E-state index is 6.16. The smallest absolute Gasteiger partial charge is 0.226 e. The van der Waals surface area contributed by atoms with Gasteiger partial charge in [-0.25, -0.2) is 4.98 Å². The summed E-state index contributed by atoms with van der Waals surface area (Å²) < 4.78 is 0. The van der Waals surface area contributed by atoms with E-state index in [0.29, 0.717) is 38.7 Å². The van der Waals surface area contributed by atoms with Gasteiger partial charge in [0.1, 0.15) is 5.52 Å². The Labute approximate surface area is 124 Å². The number of anilines is 3. The van der Waals surface area contributed by atoms with Crippen molar-refractivity contribution in [2.45, 2.75) is 0 Å². The van der Waals surface area contributed by atoms with E-state index >= 15 is 0 Å². The highest BCUT2D eigenvalue weighted by atomic mass is 35.5. The molecule has 0 aliphatic carbocycles. The molecular weight excluding hydrogens is 299 g/mol. The van der Waals surface area contributed by atoms with Crippen molar-refractivity contribution in [3.8, 4) is 0 Å². The highest BCUT2D eigenvalue weighted by Crippen LogP contribution is 2.32. The van der Waals surface area contributed by atoms with Crippen LogP contribution in [0.1, 0.15) is 0 Å². The first kappa shape index (κ1) is 13.0. The lowest BCUT2D eigenvalue weighted by Crippen LogP contribution is -2.02. The van der Waals surface area contributed by atoms with Gasteiger partial charge in [-0.05, 0) is 12.1 Å². The number of halogens is 2. The molecule has 0 fully saturated rings. The number of fused-ring (bicyclic) bond motifs is 1. The normalized spacial score (nSPS) is 10.8. The molecule has 102 valence electrons. The van der Waals surface area contributed by atoms with Crippen molar-refractivity contribution < 1.29 is 0 Å². The van der Waals surface area contributed by atoms with Crippen molar-refractivity contribution in [1.29, 1.82) is 0 Å². The van der Waals surface area contributed by atoms with Crippen LogP contribution in [0.15, 0.2) is 24.5 Å². The molecule has 0 aliphatic rings. The third-order valence-electron chi connectivity index (χ3n) is 2.71. The Balaban J connectivity index is 2.10. The van der Waals surface area contributed by atoms with Gasteiger partial charge in [-0.1, -0.05) is 29.3 Å². The number of rotatable bonds is 3. The lowest BCUT2D eigenvalue weighted by atomic mass is 10.3. The quantitative estimate of drug-likeness (QED) is 0.690. The minimum Gasteiger partial charge on any atom is -0.357 e. The van der Waals surface area contributed by atoms with Gasteiger partial charge in [-0.3, -0.25) is 0 Å². The van der Waals surface area contributed by atoms with Crippen LogP contribution in [0.5, 0.6) is 0 Å². The Hall–Kier alpha value is -2.05. The maximum atomic E-state index is 6.16. The van der Waals surface area contributed by atoms with Crippen molar-refractivity contribution in [3.05, 3.63) is 34.6 Å². The number of aromatic nitrogens is 4. The van der Waals surface area contributed by atoms with Crippen LogP contribution in [0.25, 0.3) is 11.2 Å². The van der Waals surface area contributed by atoms with Gasteiger partial charge in [-0.15, -0.1) is 0 Å². The molecule has 3 rings (SSSR count). The van der Waals surface area contributed by atoms with Crippen LogP contribution < -0.4 is 10.6 Å². The fraction of sp³-hybridized carbons (Fsp3) is 0.0833. The molecule has 0 saturated carbocycles. The molecule has 2 heterocycles. The minimum absolute atomic E-state index is 0.437. The molecule has 20 heavy (non-hydrogen) atoms. The molecule has 0 radical (unpaired) electrons. The third kappa shape index (κ3) is 2.23. The lowest BCUT2D eigenvalue weighted by molar-refractivity contribution is 1.18. The minimum atomic E-state index is 0.437. The van der Waals surface area contributed by atoms with Gasteiger partial charge in [0.25, 0.3) is 0 Å². The van der Waals surface area contributed by atoms with Crippen molar-refractivity contribution in [2.24, 2.45) is 0 Å². The molecule has 0 aliphatic heterocycles. The van der Waals surface area contributed by atoms with Crippen molar-refractivity contribution in [2.75, 3.05) is 17.7 Å². The van der Waals surface area contributed by atoms with Gasteiger partial charge in [0.2, 0.25) is 5.95 Å². The van der Waals surface area contributed by atoms with E-state index < -0.39 is 0 Å². The standard InChI is InChI=1S/C12H10Cl2N6/c1-15-12-19-10-9(16-5-17-10)11(20-12)18-7-4-2-3-6(13)8(7)14/h2-5H,1H3,(H3,15,16,17,18,19,20). The van der Waals surface area contributed by atoms with Crippen molar-refractivity contribution >= 4 is 51.8 Å². The van der Waals surface area contributed by atoms with Crippen LogP contribution in [-0.2, 0) is 0 Å². The van der Waals surface area contributed by atoms with Gasteiger partial charge in [0.05, 0.1) is 22.1 Å². The van der Waals surface area contributed by atoms with E-state index in [1.807, 2.05) is 6.07 Å². The zero-order valence-corrected chi connectivity index (χ0v) is 11.9. The fourth-order valence-electron chi connectivity index (χ4n) is 1.76. The molecule has 1 aromatic carbocycles. The number of nitrogens with zero attached hydrogens (tertiary/aromatic N) is 3. The Morgan fingerprint density at radius 3 is 2.85 bits per heavy atom. The molecule has 0 unspecified atom stereocenters. The predicted molar refractivity (Wildman–Crippen MR) is 81.0 cm³/mol. The zero-order valence-electron chi connectivity index (χ0n) is 10.4. The highest BCUT2D eigenvalue weighted by Gasteiger charge is 2.11. The third-order valence-corrected chi connectivity index (χ3v) is 3.53. The van der Waals surface area contributed by atoms with Crippen LogP contribution in [0.3, 0.4) is 0 Å². The van der Waals surface area contributed by atoms with Gasteiger partial charge in [0, 0.05) is 7.05 Å². The number of aromatic amines is 1. The first-order valence-corrected chi connectivity index (χ1v) is 6.54. The number of H-pyrrole nitrogens is 1. The van der Waals surface area contributed by atoms with E-state index in [2.05, 4.69) is 30.6 Å². The molecule has 3 aromatic rings. The first-order valence-electron chi connectivity index (χ1n) is 5.79. The molecule has 2 aromatic heterocycles. The summed E-state index contributed by atoms with van der Waals surface area (Å²) in [5, 5.41) is 6.93. The van der Waals surface area contributed by atoms with Crippen LogP contribution in [0, 0.1) is 0 Å². The highest BCUT2D eigenvalue weighted by molar-refractivity contribution is 6.43. The average molecular weight is 309 g/mol. The van der Waals surface area contributed by atoms with Gasteiger partial charge in [-0.2, -0.15) is 9.97 Å². The molecule has 6 nitrogen and oxygen atoms in total. The summed E-state index contributed by atoms with van der Waals surface area (Å²) >= 11 is 12.2. The Kier molecular flexibility index (Phi) is 3.33. The Morgan fingerprint density at radius 2 is 2.05 bits per heavy atom. The Bertz CT molecular complexity index is 770. The molecule has 8 heteroatoms. The molecule has 0 bridgehead atoms. The summed E-state index contributed by atoms with van der Waals surface area (Å²) in [6.45, 7) is 0. The first-order chi connectivity index (χ1) is 9.69. The van der Waals surface area contributed by atoms with Crippen LogP contribution in [0.2, 0.25) is 10.0 Å². The fourth-order valence-corrected chi connectivity index (χ4v) is 2.11. The number of hydrogen-bond donors (Lipinski definition) is 3. The van der Waals surface area contributed by atoms with Crippen LogP contribution >= 0.6 is 23.2 Å². The summed E-state index contributed by atoms with van der Waals surface area (Å²) in [7, 11) is 1.74. The van der Waals surface area contributed by atoms with Gasteiger partial charge >= 0.3 is 0 Å². The lowest BCUT2D eigenvalue weighted by Gasteiger charge is -2.10. The van der Waals surface area contributed by atoms with Gasteiger partial charge < -0.3 is 15.6 Å². The second-order valence-electron chi connectivity index (χ2n) is 3.97. The number of nitrogens with one attached hydrogen (secondary N) is 3. The van der Waals surface area contributed by atoms with E-state index in [-0.39, 0.29) is 0 Å². The molecule has 3 N–H and O–H groups in total. The summed E-state index contributed by atoms with van der Waals surface area (Å²) in [6, 6.07) is 5.35. The zero-order chi connectivity index (χ0) is 14.1.